The fourth-order valence-corrected chi connectivity index (χ4v) is 4.73. The summed E-state index contributed by atoms with van der Waals surface area (Å²) >= 11 is 1.65. The maximum absolute atomic E-state index is 13.0. The summed E-state index contributed by atoms with van der Waals surface area (Å²) in [6.07, 6.45) is 3.20. The van der Waals surface area contributed by atoms with Gasteiger partial charge in [-0.05, 0) is 12.1 Å². The molecule has 3 heterocycles. The van der Waals surface area contributed by atoms with Gasteiger partial charge in [-0.3, -0.25) is 19.8 Å². The molecule has 9 nitrogen and oxygen atoms in total. The van der Waals surface area contributed by atoms with Gasteiger partial charge in [-0.2, -0.15) is 5.10 Å². The van der Waals surface area contributed by atoms with Crippen LogP contribution in [-0.4, -0.2) is 61.6 Å². The summed E-state index contributed by atoms with van der Waals surface area (Å²) < 4.78 is 1.56. The number of benzene rings is 2. The Morgan fingerprint density at radius 2 is 1.76 bits per heavy atom. The minimum Gasteiger partial charge on any atom is -0.336 e. The number of aromatic nitrogens is 3. The molecule has 10 heteroatoms. The van der Waals surface area contributed by atoms with E-state index < -0.39 is 4.92 Å². The van der Waals surface area contributed by atoms with Gasteiger partial charge >= 0.3 is 0 Å². The van der Waals surface area contributed by atoms with Gasteiger partial charge in [0.2, 0.25) is 0 Å². The predicted octanol–water partition coefficient (Wildman–Crippen LogP) is 3.86. The molecular weight excluding hydrogens is 452 g/mol. The number of piperazine rings is 1. The molecule has 2 aromatic heterocycles. The quantitative estimate of drug-likeness (QED) is 0.311. The third kappa shape index (κ3) is 4.73. The van der Waals surface area contributed by atoms with Crippen LogP contribution < -0.4 is 0 Å². The molecule has 0 saturated carbocycles. The zero-order chi connectivity index (χ0) is 23.5. The normalized spacial score (nSPS) is 14.3. The minimum atomic E-state index is -0.446. The fraction of sp³-hybridized carbons (Fsp3) is 0.208. The van der Waals surface area contributed by atoms with Crippen LogP contribution >= 0.6 is 11.3 Å². The van der Waals surface area contributed by atoms with Gasteiger partial charge in [0, 0.05) is 62.0 Å². The van der Waals surface area contributed by atoms with Crippen LogP contribution in [0.15, 0.2) is 72.4 Å². The number of amides is 1. The van der Waals surface area contributed by atoms with E-state index in [0.29, 0.717) is 24.3 Å². The molecule has 172 valence electrons. The van der Waals surface area contributed by atoms with Crippen LogP contribution in [0.2, 0.25) is 0 Å². The molecule has 34 heavy (non-hydrogen) atoms. The lowest BCUT2D eigenvalue weighted by molar-refractivity contribution is -0.384. The predicted molar refractivity (Wildman–Crippen MR) is 129 cm³/mol. The van der Waals surface area contributed by atoms with Crippen LogP contribution in [0.3, 0.4) is 0 Å². The number of thiazole rings is 1. The Hall–Kier alpha value is -3.89. The number of rotatable bonds is 6. The van der Waals surface area contributed by atoms with E-state index in [1.807, 2.05) is 23.1 Å². The first-order valence-electron chi connectivity index (χ1n) is 10.9. The summed E-state index contributed by atoms with van der Waals surface area (Å²) in [4.78, 5) is 32.3. The van der Waals surface area contributed by atoms with Crippen LogP contribution in [0.1, 0.15) is 16.1 Å². The van der Waals surface area contributed by atoms with Crippen molar-refractivity contribution in [3.8, 4) is 16.3 Å². The number of carbonyl (C=O) groups is 1. The van der Waals surface area contributed by atoms with Gasteiger partial charge in [0.05, 0.1) is 28.1 Å². The largest absolute Gasteiger partial charge is 0.336 e. The fourth-order valence-electron chi connectivity index (χ4n) is 3.92. The third-order valence-corrected chi connectivity index (χ3v) is 6.71. The van der Waals surface area contributed by atoms with Gasteiger partial charge in [0.1, 0.15) is 5.01 Å². The number of hydrogen-bond donors (Lipinski definition) is 0. The highest BCUT2D eigenvalue weighted by Gasteiger charge is 2.24. The van der Waals surface area contributed by atoms with Crippen molar-refractivity contribution in [3.05, 3.63) is 93.7 Å². The molecule has 0 spiro atoms. The van der Waals surface area contributed by atoms with Crippen molar-refractivity contribution in [2.75, 3.05) is 26.2 Å². The smallest absolute Gasteiger partial charge is 0.269 e. The maximum Gasteiger partial charge on any atom is 0.269 e. The highest BCUT2D eigenvalue weighted by atomic mass is 32.1. The zero-order valence-corrected chi connectivity index (χ0v) is 19.1. The van der Waals surface area contributed by atoms with Gasteiger partial charge in [-0.15, -0.1) is 11.3 Å². The van der Waals surface area contributed by atoms with Crippen molar-refractivity contribution in [1.29, 1.82) is 0 Å². The number of non-ortho nitro benzene ring substituents is 1. The first kappa shape index (κ1) is 21.9. The molecule has 1 fully saturated rings. The van der Waals surface area contributed by atoms with Gasteiger partial charge in [0.25, 0.3) is 11.6 Å². The lowest BCUT2D eigenvalue weighted by Crippen LogP contribution is -2.48. The number of nitro benzene ring substituents is 1. The number of nitro groups is 1. The van der Waals surface area contributed by atoms with E-state index in [1.165, 1.54) is 18.3 Å². The van der Waals surface area contributed by atoms with Crippen LogP contribution in [-0.2, 0) is 6.54 Å². The molecule has 0 aliphatic carbocycles. The lowest BCUT2D eigenvalue weighted by Gasteiger charge is -2.34. The van der Waals surface area contributed by atoms with Crippen molar-refractivity contribution in [2.24, 2.45) is 0 Å². The van der Waals surface area contributed by atoms with Gasteiger partial charge in [-0.1, -0.05) is 30.3 Å². The molecule has 1 aliphatic rings. The zero-order valence-electron chi connectivity index (χ0n) is 18.3. The topological polar surface area (TPSA) is 97.4 Å². The average molecular weight is 475 g/mol. The van der Waals surface area contributed by atoms with E-state index in [9.17, 15) is 14.9 Å². The molecule has 5 rings (SSSR count). The molecule has 0 unspecified atom stereocenters. The first-order valence-corrected chi connectivity index (χ1v) is 11.8. The minimum absolute atomic E-state index is 0.0130. The average Bonchev–Trinajstić information content (AvgIpc) is 3.55. The van der Waals surface area contributed by atoms with Crippen molar-refractivity contribution in [3.63, 3.8) is 0 Å². The summed E-state index contributed by atoms with van der Waals surface area (Å²) in [5, 5.41) is 18.2. The van der Waals surface area contributed by atoms with E-state index >= 15 is 0 Å². The lowest BCUT2D eigenvalue weighted by atomic mass is 10.2. The van der Waals surface area contributed by atoms with E-state index in [0.717, 1.165) is 35.9 Å². The molecule has 1 saturated heterocycles. The molecule has 1 amide bonds. The molecule has 0 bridgehead atoms. The molecule has 1 aliphatic heterocycles. The van der Waals surface area contributed by atoms with Crippen molar-refractivity contribution < 1.29 is 9.72 Å². The molecular formula is C24H22N6O3S. The maximum atomic E-state index is 13.0. The number of hydrogen-bond acceptors (Lipinski definition) is 7. The summed E-state index contributed by atoms with van der Waals surface area (Å²) in [6, 6.07) is 16.2. The van der Waals surface area contributed by atoms with Gasteiger partial charge < -0.3 is 4.90 Å². The summed E-state index contributed by atoms with van der Waals surface area (Å²) in [5.41, 5.74) is 3.35. The first-order chi connectivity index (χ1) is 16.6. The summed E-state index contributed by atoms with van der Waals surface area (Å²) in [6.45, 7) is 3.60. The monoisotopic (exact) mass is 474 g/mol. The van der Waals surface area contributed by atoms with Crippen molar-refractivity contribution >= 4 is 22.9 Å². The SMILES string of the molecule is O=C(c1cnn(-c2ccc([N+](=O)[O-])cc2)c1)N1CCN(Cc2csc(-c3ccccc3)n2)CC1. The second-order valence-corrected chi connectivity index (χ2v) is 8.88. The highest BCUT2D eigenvalue weighted by Crippen LogP contribution is 2.24. The number of carbonyl (C=O) groups excluding carboxylic acids is 1. The van der Waals surface area contributed by atoms with Gasteiger partial charge in [-0.25, -0.2) is 9.67 Å². The third-order valence-electron chi connectivity index (χ3n) is 5.77. The molecule has 4 aromatic rings. The van der Waals surface area contributed by atoms with E-state index in [4.69, 9.17) is 4.98 Å². The van der Waals surface area contributed by atoms with E-state index in [1.54, 1.807) is 34.3 Å². The molecule has 0 N–H and O–H groups in total. The summed E-state index contributed by atoms with van der Waals surface area (Å²) in [5.74, 6) is -0.0622. The molecule has 2 aromatic carbocycles. The Morgan fingerprint density at radius 3 is 2.47 bits per heavy atom. The van der Waals surface area contributed by atoms with E-state index in [2.05, 4.69) is 27.5 Å². The molecule has 0 radical (unpaired) electrons. The van der Waals surface area contributed by atoms with Crippen LogP contribution in [0.25, 0.3) is 16.3 Å². The van der Waals surface area contributed by atoms with Gasteiger partial charge in [0.15, 0.2) is 0 Å². The highest BCUT2D eigenvalue weighted by molar-refractivity contribution is 7.13. The van der Waals surface area contributed by atoms with Crippen LogP contribution in [0, 0.1) is 10.1 Å². The van der Waals surface area contributed by atoms with Crippen LogP contribution in [0.4, 0.5) is 5.69 Å². The Labute approximate surface area is 200 Å². The Balaban J connectivity index is 1.16. The molecule has 0 atom stereocenters. The standard InChI is InChI=1S/C24H22N6O3S/c31-24(19-14-25-29(15-19)21-6-8-22(9-7-21)30(32)33)28-12-10-27(11-13-28)16-20-17-34-23(26-20)18-4-2-1-3-5-18/h1-9,14-15,17H,10-13,16H2. The summed E-state index contributed by atoms with van der Waals surface area (Å²) in [7, 11) is 0. The second kappa shape index (κ2) is 9.54. The van der Waals surface area contributed by atoms with Crippen LogP contribution in [0.5, 0.6) is 0 Å². The number of nitrogens with zero attached hydrogens (tertiary/aromatic N) is 6. The Bertz CT molecular complexity index is 1290. The van der Waals surface area contributed by atoms with Crippen molar-refractivity contribution in [1.82, 2.24) is 24.6 Å². The Kier molecular flexibility index (Phi) is 6.15. The van der Waals surface area contributed by atoms with Crippen molar-refractivity contribution in [2.45, 2.75) is 6.54 Å². The second-order valence-electron chi connectivity index (χ2n) is 8.03. The van der Waals surface area contributed by atoms with E-state index in [-0.39, 0.29) is 11.6 Å². The Morgan fingerprint density at radius 1 is 1.03 bits per heavy atom.